The summed E-state index contributed by atoms with van der Waals surface area (Å²) < 4.78 is 0. The van der Waals surface area contributed by atoms with Crippen molar-refractivity contribution in [1.82, 2.24) is 9.88 Å². The number of hydrogen-bond donors (Lipinski definition) is 0. The average Bonchev–Trinajstić information content (AvgIpc) is 2.88. The summed E-state index contributed by atoms with van der Waals surface area (Å²) in [7, 11) is 0. The largest absolute Gasteiger partial charge is 0.274 e. The van der Waals surface area contributed by atoms with Crippen LogP contribution in [0.3, 0.4) is 0 Å². The van der Waals surface area contributed by atoms with Gasteiger partial charge in [-0.2, -0.15) is 5.26 Å². The molecule has 1 aliphatic rings. The Morgan fingerprint density at radius 2 is 1.69 bits per heavy atom. The van der Waals surface area contributed by atoms with Crippen molar-refractivity contribution in [3.05, 3.63) is 57.8 Å². The van der Waals surface area contributed by atoms with E-state index < -0.39 is 0 Å². The van der Waals surface area contributed by atoms with Crippen LogP contribution in [0.5, 0.6) is 0 Å². The zero-order valence-electron chi connectivity index (χ0n) is 15.0. The summed E-state index contributed by atoms with van der Waals surface area (Å²) in [6, 6.07) is 9.14. The normalized spacial score (nSPS) is 13.1. The molecular formula is C20H19N3O2S. The lowest BCUT2D eigenvalue weighted by molar-refractivity contribution is 0.0655. The molecule has 0 saturated carbocycles. The van der Waals surface area contributed by atoms with Gasteiger partial charge in [-0.05, 0) is 50.5 Å². The molecule has 0 fully saturated rings. The molecule has 2 amide bonds. The number of aryl methyl sites for hydroxylation is 1. The SMILES string of the molecule is Cc1nc(SCCCN2C(=O)c3ccccc3C2=O)c(C#N)c(C)c1C. The molecule has 0 N–H and O–H groups in total. The van der Waals surface area contributed by atoms with Crippen LogP contribution in [0.25, 0.3) is 0 Å². The van der Waals surface area contributed by atoms with Crippen molar-refractivity contribution < 1.29 is 9.59 Å². The van der Waals surface area contributed by atoms with Crippen molar-refractivity contribution in [2.45, 2.75) is 32.2 Å². The number of rotatable bonds is 5. The molecule has 5 nitrogen and oxygen atoms in total. The van der Waals surface area contributed by atoms with E-state index in [-0.39, 0.29) is 11.8 Å². The fourth-order valence-corrected chi connectivity index (χ4v) is 3.99. The van der Waals surface area contributed by atoms with E-state index in [9.17, 15) is 14.9 Å². The van der Waals surface area contributed by atoms with Gasteiger partial charge in [0, 0.05) is 18.0 Å². The topological polar surface area (TPSA) is 74.1 Å². The molecule has 0 radical (unpaired) electrons. The number of amides is 2. The van der Waals surface area contributed by atoms with E-state index in [4.69, 9.17) is 0 Å². The smallest absolute Gasteiger partial charge is 0.261 e. The molecule has 26 heavy (non-hydrogen) atoms. The number of aromatic nitrogens is 1. The van der Waals surface area contributed by atoms with Gasteiger partial charge in [0.25, 0.3) is 11.8 Å². The number of benzene rings is 1. The molecule has 2 heterocycles. The van der Waals surface area contributed by atoms with E-state index >= 15 is 0 Å². The van der Waals surface area contributed by atoms with E-state index in [1.54, 1.807) is 24.3 Å². The number of hydrogen-bond acceptors (Lipinski definition) is 5. The van der Waals surface area contributed by atoms with Crippen LogP contribution in [-0.4, -0.2) is 34.0 Å². The maximum absolute atomic E-state index is 12.3. The monoisotopic (exact) mass is 365 g/mol. The minimum absolute atomic E-state index is 0.228. The van der Waals surface area contributed by atoms with Gasteiger partial charge >= 0.3 is 0 Å². The van der Waals surface area contributed by atoms with E-state index in [1.807, 2.05) is 20.8 Å². The standard InChI is InChI=1S/C20H19N3O2S/c1-12-13(2)17(11-21)18(22-14(12)3)26-10-6-9-23-19(24)15-7-4-5-8-16(15)20(23)25/h4-5,7-8H,6,9-10H2,1-3H3. The Hall–Kier alpha value is -2.65. The highest BCUT2D eigenvalue weighted by molar-refractivity contribution is 7.99. The highest BCUT2D eigenvalue weighted by atomic mass is 32.2. The Morgan fingerprint density at radius 1 is 1.08 bits per heavy atom. The first-order chi connectivity index (χ1) is 12.5. The Morgan fingerprint density at radius 3 is 2.27 bits per heavy atom. The van der Waals surface area contributed by atoms with Gasteiger partial charge in [0.1, 0.15) is 11.1 Å². The lowest BCUT2D eigenvalue weighted by atomic mass is 10.1. The predicted molar refractivity (Wildman–Crippen MR) is 100 cm³/mol. The first kappa shape index (κ1) is 18.2. The third-order valence-electron chi connectivity index (χ3n) is 4.72. The van der Waals surface area contributed by atoms with Crippen molar-refractivity contribution in [2.24, 2.45) is 0 Å². The van der Waals surface area contributed by atoms with Crippen LogP contribution < -0.4 is 0 Å². The summed E-state index contributed by atoms with van der Waals surface area (Å²) >= 11 is 1.50. The maximum Gasteiger partial charge on any atom is 0.261 e. The van der Waals surface area contributed by atoms with Gasteiger partial charge in [-0.3, -0.25) is 14.5 Å². The Labute approximate surface area is 157 Å². The molecule has 1 aromatic carbocycles. The van der Waals surface area contributed by atoms with Crippen molar-refractivity contribution in [2.75, 3.05) is 12.3 Å². The van der Waals surface area contributed by atoms with E-state index in [2.05, 4.69) is 11.1 Å². The van der Waals surface area contributed by atoms with E-state index in [1.165, 1.54) is 16.7 Å². The van der Waals surface area contributed by atoms with Crippen LogP contribution in [0.15, 0.2) is 29.3 Å². The molecule has 0 unspecified atom stereocenters. The second-order valence-corrected chi connectivity index (χ2v) is 7.33. The quantitative estimate of drug-likeness (QED) is 0.459. The summed E-state index contributed by atoms with van der Waals surface area (Å²) in [5.41, 5.74) is 4.48. The molecule has 6 heteroatoms. The molecule has 0 aliphatic carbocycles. The number of carbonyl (C=O) groups excluding carboxylic acids is 2. The van der Waals surface area contributed by atoms with Crippen molar-refractivity contribution in [1.29, 1.82) is 5.26 Å². The highest BCUT2D eigenvalue weighted by Crippen LogP contribution is 2.27. The van der Waals surface area contributed by atoms with Crippen LogP contribution in [0, 0.1) is 32.1 Å². The van der Waals surface area contributed by atoms with Gasteiger partial charge in [0.05, 0.1) is 16.7 Å². The lowest BCUT2D eigenvalue weighted by Crippen LogP contribution is -2.31. The molecule has 2 aromatic rings. The van der Waals surface area contributed by atoms with Gasteiger partial charge in [0.15, 0.2) is 0 Å². The minimum atomic E-state index is -0.228. The number of nitriles is 1. The first-order valence-corrected chi connectivity index (χ1v) is 9.40. The fourth-order valence-electron chi connectivity index (χ4n) is 2.98. The van der Waals surface area contributed by atoms with Crippen molar-refractivity contribution >= 4 is 23.6 Å². The predicted octanol–water partition coefficient (Wildman–Crippen LogP) is 3.66. The van der Waals surface area contributed by atoms with Gasteiger partial charge < -0.3 is 0 Å². The third-order valence-corrected chi connectivity index (χ3v) is 5.78. The Balaban J connectivity index is 1.64. The van der Waals surface area contributed by atoms with E-state index in [0.29, 0.717) is 35.4 Å². The van der Waals surface area contributed by atoms with Gasteiger partial charge in [-0.25, -0.2) is 4.98 Å². The Bertz CT molecular complexity index is 912. The van der Waals surface area contributed by atoms with Crippen LogP contribution in [0.2, 0.25) is 0 Å². The first-order valence-electron chi connectivity index (χ1n) is 8.41. The highest BCUT2D eigenvalue weighted by Gasteiger charge is 2.34. The zero-order chi connectivity index (χ0) is 18.8. The second-order valence-electron chi connectivity index (χ2n) is 6.25. The number of pyridine rings is 1. The number of carbonyl (C=O) groups is 2. The molecule has 132 valence electrons. The number of nitrogens with zero attached hydrogens (tertiary/aromatic N) is 3. The van der Waals surface area contributed by atoms with Gasteiger partial charge in [-0.15, -0.1) is 11.8 Å². The van der Waals surface area contributed by atoms with Gasteiger partial charge in [-0.1, -0.05) is 12.1 Å². The molecule has 0 spiro atoms. The molecule has 1 aliphatic heterocycles. The zero-order valence-corrected chi connectivity index (χ0v) is 15.8. The van der Waals surface area contributed by atoms with Crippen molar-refractivity contribution in [3.8, 4) is 6.07 Å². The van der Waals surface area contributed by atoms with Crippen molar-refractivity contribution in [3.63, 3.8) is 0 Å². The van der Waals surface area contributed by atoms with Crippen LogP contribution in [-0.2, 0) is 0 Å². The minimum Gasteiger partial charge on any atom is -0.274 e. The molecule has 0 atom stereocenters. The molecular weight excluding hydrogens is 346 g/mol. The number of fused-ring (bicyclic) bond motifs is 1. The second kappa shape index (κ2) is 7.30. The number of imide groups is 1. The van der Waals surface area contributed by atoms with E-state index in [0.717, 1.165) is 21.8 Å². The summed E-state index contributed by atoms with van der Waals surface area (Å²) in [6.07, 6.45) is 0.647. The lowest BCUT2D eigenvalue weighted by Gasteiger charge is -2.14. The summed E-state index contributed by atoms with van der Waals surface area (Å²) in [6.45, 7) is 6.21. The molecule has 3 rings (SSSR count). The van der Waals surface area contributed by atoms with Crippen LogP contribution in [0.4, 0.5) is 0 Å². The van der Waals surface area contributed by atoms with Crippen LogP contribution >= 0.6 is 11.8 Å². The fraction of sp³-hybridized carbons (Fsp3) is 0.300. The van der Waals surface area contributed by atoms with Gasteiger partial charge in [0.2, 0.25) is 0 Å². The molecule has 0 bridgehead atoms. The molecule has 1 aromatic heterocycles. The average molecular weight is 365 g/mol. The molecule has 0 saturated heterocycles. The van der Waals surface area contributed by atoms with Crippen LogP contribution in [0.1, 0.15) is 49.5 Å². The summed E-state index contributed by atoms with van der Waals surface area (Å²) in [4.78, 5) is 30.5. The summed E-state index contributed by atoms with van der Waals surface area (Å²) in [5.74, 6) is 0.221. The number of thioether (sulfide) groups is 1. The summed E-state index contributed by atoms with van der Waals surface area (Å²) in [5, 5.41) is 10.1. The maximum atomic E-state index is 12.3. The third kappa shape index (κ3) is 3.11. The Kier molecular flexibility index (Phi) is 5.10.